The molecule has 254 valence electrons. The minimum absolute atomic E-state index is 0.00699. The summed E-state index contributed by atoms with van der Waals surface area (Å²) in [5, 5.41) is 2.69. The van der Waals surface area contributed by atoms with E-state index >= 15 is 8.78 Å². The zero-order chi connectivity index (χ0) is 34.6. The maximum atomic E-state index is 15.7. The lowest BCUT2D eigenvalue weighted by atomic mass is 9.77. The van der Waals surface area contributed by atoms with Gasteiger partial charge in [0.05, 0.1) is 18.7 Å². The molecule has 2 aromatic heterocycles. The summed E-state index contributed by atoms with van der Waals surface area (Å²) in [6.45, 7) is 4.01. The van der Waals surface area contributed by atoms with E-state index in [0.717, 1.165) is 12.1 Å². The van der Waals surface area contributed by atoms with E-state index in [1.807, 2.05) is 11.0 Å². The Hall–Kier alpha value is -4.53. The predicted octanol–water partition coefficient (Wildman–Crippen LogP) is 4.75. The Morgan fingerprint density at radius 1 is 1.06 bits per heavy atom. The van der Waals surface area contributed by atoms with E-state index in [2.05, 4.69) is 25.3 Å². The molecule has 3 N–H and O–H groups in total. The van der Waals surface area contributed by atoms with Crippen molar-refractivity contribution < 1.29 is 36.3 Å². The molecule has 1 aliphatic carbocycles. The minimum atomic E-state index is -4.76. The Kier molecular flexibility index (Phi) is 8.46. The maximum Gasteiger partial charge on any atom is 0.433 e. The highest BCUT2D eigenvalue weighted by molar-refractivity contribution is 6.16. The maximum absolute atomic E-state index is 15.7. The number of aromatic nitrogens is 3. The van der Waals surface area contributed by atoms with Crippen molar-refractivity contribution in [3.8, 4) is 11.1 Å². The van der Waals surface area contributed by atoms with Crippen LogP contribution in [0.15, 0.2) is 29.3 Å². The zero-order valence-electron chi connectivity index (χ0n) is 26.6. The Labute approximate surface area is 273 Å². The van der Waals surface area contributed by atoms with Crippen LogP contribution in [0.4, 0.5) is 27.6 Å². The van der Waals surface area contributed by atoms with E-state index in [0.29, 0.717) is 40.2 Å². The van der Waals surface area contributed by atoms with Gasteiger partial charge in [0.1, 0.15) is 28.7 Å². The van der Waals surface area contributed by atoms with E-state index < -0.39 is 40.7 Å². The number of methoxy groups -OCH3 is 1. The first-order valence-electron chi connectivity index (χ1n) is 15.5. The third-order valence-electron chi connectivity index (χ3n) is 9.32. The van der Waals surface area contributed by atoms with Gasteiger partial charge in [0.15, 0.2) is 5.67 Å². The highest BCUT2D eigenvalue weighted by Crippen LogP contribution is 2.47. The summed E-state index contributed by atoms with van der Waals surface area (Å²) in [6.07, 6.45) is -3.94. The molecule has 6 rings (SSSR count). The smallest absolute Gasteiger partial charge is 0.380 e. The number of benzene rings is 1. The van der Waals surface area contributed by atoms with Crippen LogP contribution in [0.1, 0.15) is 71.8 Å². The van der Waals surface area contributed by atoms with Gasteiger partial charge in [-0.05, 0) is 75.8 Å². The standard InChI is InChI=1S/C33H34F5N7O3/c1-17-27(18(2)41-26(40-17)15-25(39)46)19-13-22(34)21(16-48-3)23(14-19)45-11-9-32(10-12-45)30(47)43-29(44-32)20-5-6-24(33(36,37)38)42-28(20)31(35)7-4-8-31/h5-6,13-14H,4,7-12,15-16H2,1-3H3,(H2,39,46)(H,43,44,47). The summed E-state index contributed by atoms with van der Waals surface area (Å²) < 4.78 is 77.1. The third-order valence-corrected chi connectivity index (χ3v) is 9.32. The van der Waals surface area contributed by atoms with Gasteiger partial charge in [-0.25, -0.2) is 23.7 Å². The molecule has 0 unspecified atom stereocenters. The summed E-state index contributed by atoms with van der Waals surface area (Å²) in [6, 6.07) is 5.08. The number of primary amides is 1. The van der Waals surface area contributed by atoms with E-state index in [1.54, 1.807) is 13.8 Å². The van der Waals surface area contributed by atoms with Crippen molar-refractivity contribution in [1.82, 2.24) is 20.3 Å². The Balaban J connectivity index is 1.31. The number of piperidine rings is 1. The van der Waals surface area contributed by atoms with Crippen LogP contribution in [0, 0.1) is 19.7 Å². The van der Waals surface area contributed by atoms with Crippen molar-refractivity contribution in [3.05, 3.63) is 69.8 Å². The van der Waals surface area contributed by atoms with Gasteiger partial charge in [0.25, 0.3) is 5.91 Å². The summed E-state index contributed by atoms with van der Waals surface area (Å²) in [5.74, 6) is -1.27. The Bertz CT molecular complexity index is 1810. The first-order valence-corrected chi connectivity index (χ1v) is 15.5. The lowest BCUT2D eigenvalue weighted by Crippen LogP contribution is -2.49. The molecule has 0 atom stereocenters. The van der Waals surface area contributed by atoms with Crippen LogP contribution in [-0.4, -0.2) is 58.3 Å². The van der Waals surface area contributed by atoms with Crippen molar-refractivity contribution in [3.63, 3.8) is 0 Å². The molecule has 48 heavy (non-hydrogen) atoms. The number of carbonyl (C=O) groups is 2. The Morgan fingerprint density at radius 3 is 2.29 bits per heavy atom. The number of aliphatic imine (C=N–C) groups is 1. The molecule has 1 saturated carbocycles. The molecule has 1 saturated heterocycles. The number of amides is 2. The quantitative estimate of drug-likeness (QED) is 0.330. The second-order valence-electron chi connectivity index (χ2n) is 12.6. The molecular weight excluding hydrogens is 637 g/mol. The highest BCUT2D eigenvalue weighted by Gasteiger charge is 2.49. The number of nitrogens with two attached hydrogens (primary N) is 1. The molecule has 2 fully saturated rings. The number of alkyl halides is 4. The van der Waals surface area contributed by atoms with Crippen LogP contribution < -0.4 is 16.0 Å². The average molecular weight is 672 g/mol. The van der Waals surface area contributed by atoms with Gasteiger partial charge < -0.3 is 20.7 Å². The minimum Gasteiger partial charge on any atom is -0.380 e. The number of rotatable bonds is 8. The fourth-order valence-electron chi connectivity index (χ4n) is 6.75. The van der Waals surface area contributed by atoms with E-state index in [-0.39, 0.29) is 74.7 Å². The van der Waals surface area contributed by atoms with Crippen molar-refractivity contribution in [2.75, 3.05) is 25.1 Å². The molecule has 1 aromatic carbocycles. The average Bonchev–Trinajstić information content (AvgIpc) is 3.31. The van der Waals surface area contributed by atoms with Gasteiger partial charge in [-0.2, -0.15) is 13.2 Å². The number of amidine groups is 1. The first kappa shape index (κ1) is 33.4. The van der Waals surface area contributed by atoms with Crippen molar-refractivity contribution >= 4 is 23.3 Å². The molecule has 3 aliphatic rings. The largest absolute Gasteiger partial charge is 0.433 e. The molecule has 4 heterocycles. The van der Waals surface area contributed by atoms with Gasteiger partial charge in [-0.1, -0.05) is 0 Å². The highest BCUT2D eigenvalue weighted by atomic mass is 19.4. The van der Waals surface area contributed by atoms with Gasteiger partial charge in [0.2, 0.25) is 5.91 Å². The van der Waals surface area contributed by atoms with Crippen LogP contribution in [-0.2, 0) is 39.2 Å². The number of carbonyl (C=O) groups excluding carboxylic acids is 2. The third kappa shape index (κ3) is 5.99. The van der Waals surface area contributed by atoms with Gasteiger partial charge in [0, 0.05) is 54.0 Å². The number of aryl methyl sites for hydroxylation is 2. The van der Waals surface area contributed by atoms with Crippen LogP contribution >= 0.6 is 0 Å². The van der Waals surface area contributed by atoms with E-state index in [9.17, 15) is 22.8 Å². The van der Waals surface area contributed by atoms with E-state index in [1.165, 1.54) is 13.2 Å². The molecular formula is C33H34F5N7O3. The molecule has 0 radical (unpaired) electrons. The van der Waals surface area contributed by atoms with Crippen molar-refractivity contribution in [2.45, 2.75) is 76.4 Å². The van der Waals surface area contributed by atoms with Crippen LogP contribution in [0.25, 0.3) is 11.1 Å². The molecule has 0 bridgehead atoms. The summed E-state index contributed by atoms with van der Waals surface area (Å²) >= 11 is 0. The molecule has 2 aliphatic heterocycles. The van der Waals surface area contributed by atoms with Crippen LogP contribution in [0.5, 0.6) is 0 Å². The summed E-state index contributed by atoms with van der Waals surface area (Å²) in [4.78, 5) is 43.9. The fourth-order valence-corrected chi connectivity index (χ4v) is 6.75. The molecule has 1 spiro atoms. The zero-order valence-corrected chi connectivity index (χ0v) is 26.6. The SMILES string of the molecule is COCc1c(F)cc(-c2c(C)nc(CC(N)=O)nc2C)cc1N1CCC2(CC1)N=C(c1ccc(C(F)(F)F)nc1C1(F)CCC1)NC2=O. The van der Waals surface area contributed by atoms with Crippen molar-refractivity contribution in [2.24, 2.45) is 10.7 Å². The monoisotopic (exact) mass is 671 g/mol. The second kappa shape index (κ2) is 12.2. The van der Waals surface area contributed by atoms with Gasteiger partial charge >= 0.3 is 6.18 Å². The number of ether oxygens (including phenoxy) is 1. The van der Waals surface area contributed by atoms with Crippen LogP contribution in [0.3, 0.4) is 0 Å². The second-order valence-corrected chi connectivity index (χ2v) is 12.6. The molecule has 2 amide bonds. The lowest BCUT2D eigenvalue weighted by molar-refractivity contribution is -0.141. The number of pyridine rings is 1. The Morgan fingerprint density at radius 2 is 1.73 bits per heavy atom. The normalized spacial score (nSPS) is 18.5. The van der Waals surface area contributed by atoms with Crippen LogP contribution in [0.2, 0.25) is 0 Å². The first-order chi connectivity index (χ1) is 22.6. The molecule has 3 aromatic rings. The fraction of sp³-hybridized carbons (Fsp3) is 0.455. The number of hydrogen-bond acceptors (Lipinski definition) is 8. The summed E-state index contributed by atoms with van der Waals surface area (Å²) in [5.41, 5.74) is 3.53. The van der Waals surface area contributed by atoms with Gasteiger partial charge in [-0.15, -0.1) is 0 Å². The van der Waals surface area contributed by atoms with Crippen molar-refractivity contribution in [1.29, 1.82) is 0 Å². The molecule has 15 heteroatoms. The lowest BCUT2D eigenvalue weighted by Gasteiger charge is -2.38. The number of nitrogens with one attached hydrogen (secondary N) is 1. The van der Waals surface area contributed by atoms with Gasteiger partial charge in [-0.3, -0.25) is 14.6 Å². The number of anilines is 1. The summed E-state index contributed by atoms with van der Waals surface area (Å²) in [7, 11) is 1.45. The topological polar surface area (TPSA) is 136 Å². The number of halogens is 5. The number of nitrogens with zero attached hydrogens (tertiary/aromatic N) is 5. The molecule has 10 nitrogen and oxygen atoms in total. The number of hydrogen-bond donors (Lipinski definition) is 2. The predicted molar refractivity (Wildman–Crippen MR) is 165 cm³/mol. The van der Waals surface area contributed by atoms with E-state index in [4.69, 9.17) is 10.5 Å².